The fourth-order valence-electron chi connectivity index (χ4n) is 2.46. The Morgan fingerprint density at radius 2 is 2.24 bits per heavy atom. The molecule has 0 saturated carbocycles. The molecular formula is C15H14ClN5. The molecule has 1 atom stereocenters. The van der Waals surface area contributed by atoms with Gasteiger partial charge in [-0.15, -0.1) is 11.6 Å². The molecule has 0 aliphatic rings. The van der Waals surface area contributed by atoms with Gasteiger partial charge in [-0.3, -0.25) is 4.68 Å². The topological polar surface area (TPSA) is 59.4 Å². The Morgan fingerprint density at radius 3 is 2.86 bits per heavy atom. The molecule has 1 unspecified atom stereocenters. The SMILES string of the molecule is CC(Cl)c1nc2c(C#N)cccc2n1Cc1cnn(C)c1. The van der Waals surface area contributed by atoms with E-state index in [1.807, 2.05) is 43.1 Å². The molecule has 0 aliphatic carbocycles. The van der Waals surface area contributed by atoms with Gasteiger partial charge in [0.1, 0.15) is 17.4 Å². The van der Waals surface area contributed by atoms with Crippen molar-refractivity contribution in [2.24, 2.45) is 7.05 Å². The number of alkyl halides is 1. The van der Waals surface area contributed by atoms with E-state index in [1.54, 1.807) is 10.7 Å². The average molecular weight is 300 g/mol. The molecule has 0 bridgehead atoms. The molecular weight excluding hydrogens is 286 g/mol. The molecule has 0 saturated heterocycles. The molecule has 5 nitrogen and oxygen atoms in total. The minimum Gasteiger partial charge on any atom is -0.322 e. The molecule has 0 amide bonds. The standard InChI is InChI=1S/C15H14ClN5/c1-10(16)15-19-14-12(6-17)4-3-5-13(14)21(15)9-11-7-18-20(2)8-11/h3-5,7-8,10H,9H2,1-2H3. The molecule has 3 aromatic rings. The molecule has 3 rings (SSSR count). The third-order valence-corrected chi connectivity index (χ3v) is 3.58. The van der Waals surface area contributed by atoms with Crippen molar-refractivity contribution in [1.82, 2.24) is 19.3 Å². The second-order valence-corrected chi connectivity index (χ2v) is 5.63. The molecule has 0 spiro atoms. The van der Waals surface area contributed by atoms with E-state index < -0.39 is 0 Å². The van der Waals surface area contributed by atoms with Crippen LogP contribution in [-0.2, 0) is 13.6 Å². The maximum absolute atomic E-state index is 9.22. The summed E-state index contributed by atoms with van der Waals surface area (Å²) in [5, 5.41) is 13.2. The van der Waals surface area contributed by atoms with Crippen LogP contribution < -0.4 is 0 Å². The number of aromatic nitrogens is 4. The molecule has 6 heteroatoms. The van der Waals surface area contributed by atoms with Crippen LogP contribution in [0.1, 0.15) is 29.3 Å². The minimum atomic E-state index is -0.236. The van der Waals surface area contributed by atoms with Crippen molar-refractivity contribution in [3.8, 4) is 6.07 Å². The van der Waals surface area contributed by atoms with Crippen LogP contribution in [-0.4, -0.2) is 19.3 Å². The highest BCUT2D eigenvalue weighted by atomic mass is 35.5. The lowest BCUT2D eigenvalue weighted by atomic mass is 10.2. The molecule has 2 heterocycles. The fraction of sp³-hybridized carbons (Fsp3) is 0.267. The predicted molar refractivity (Wildman–Crippen MR) is 81.0 cm³/mol. The summed E-state index contributed by atoms with van der Waals surface area (Å²) < 4.78 is 3.81. The summed E-state index contributed by atoms with van der Waals surface area (Å²) in [6, 6.07) is 7.78. The summed E-state index contributed by atoms with van der Waals surface area (Å²) in [7, 11) is 1.88. The first-order valence-corrected chi connectivity index (χ1v) is 7.04. The number of halogens is 1. The van der Waals surface area contributed by atoms with Crippen molar-refractivity contribution < 1.29 is 0 Å². The number of imidazole rings is 1. The second kappa shape index (κ2) is 5.23. The van der Waals surface area contributed by atoms with Crippen LogP contribution in [0, 0.1) is 11.3 Å². The smallest absolute Gasteiger partial charge is 0.128 e. The molecule has 2 aromatic heterocycles. The summed E-state index contributed by atoms with van der Waals surface area (Å²) in [6.45, 7) is 2.51. The van der Waals surface area contributed by atoms with Crippen molar-refractivity contribution in [1.29, 1.82) is 5.26 Å². The zero-order valence-corrected chi connectivity index (χ0v) is 12.5. The lowest BCUT2D eigenvalue weighted by Crippen LogP contribution is -2.05. The van der Waals surface area contributed by atoms with Crippen LogP contribution in [0.2, 0.25) is 0 Å². The quantitative estimate of drug-likeness (QED) is 0.699. The van der Waals surface area contributed by atoms with Crippen molar-refractivity contribution in [3.05, 3.63) is 47.5 Å². The number of hydrogen-bond acceptors (Lipinski definition) is 3. The fourth-order valence-corrected chi connectivity index (χ4v) is 2.63. The second-order valence-electron chi connectivity index (χ2n) is 4.98. The maximum atomic E-state index is 9.22. The normalized spacial score (nSPS) is 12.5. The molecule has 106 valence electrons. The highest BCUT2D eigenvalue weighted by Crippen LogP contribution is 2.27. The van der Waals surface area contributed by atoms with E-state index in [1.165, 1.54) is 0 Å². The highest BCUT2D eigenvalue weighted by Gasteiger charge is 2.17. The van der Waals surface area contributed by atoms with E-state index in [-0.39, 0.29) is 5.38 Å². The van der Waals surface area contributed by atoms with Gasteiger partial charge in [0.25, 0.3) is 0 Å². The third-order valence-electron chi connectivity index (χ3n) is 3.38. The molecule has 0 N–H and O–H groups in total. The zero-order valence-electron chi connectivity index (χ0n) is 11.8. The Kier molecular flexibility index (Phi) is 3.40. The van der Waals surface area contributed by atoms with Gasteiger partial charge in [0.05, 0.1) is 29.2 Å². The van der Waals surface area contributed by atoms with Gasteiger partial charge in [-0.2, -0.15) is 10.4 Å². The lowest BCUT2D eigenvalue weighted by molar-refractivity contribution is 0.738. The summed E-state index contributed by atoms with van der Waals surface area (Å²) in [4.78, 5) is 4.57. The van der Waals surface area contributed by atoms with Gasteiger partial charge in [-0.25, -0.2) is 4.98 Å². The largest absolute Gasteiger partial charge is 0.322 e. The van der Waals surface area contributed by atoms with E-state index >= 15 is 0 Å². The van der Waals surface area contributed by atoms with Crippen molar-refractivity contribution in [2.75, 3.05) is 0 Å². The van der Waals surface area contributed by atoms with Crippen molar-refractivity contribution >= 4 is 22.6 Å². The number of para-hydroxylation sites is 1. The Labute approximate surface area is 127 Å². The molecule has 0 aliphatic heterocycles. The summed E-state index contributed by atoms with van der Waals surface area (Å²) in [6.07, 6.45) is 3.78. The predicted octanol–water partition coefficient (Wildman–Crippen LogP) is 2.99. The lowest BCUT2D eigenvalue weighted by Gasteiger charge is -2.09. The first-order valence-electron chi connectivity index (χ1n) is 6.61. The first kappa shape index (κ1) is 13.7. The number of hydrogen-bond donors (Lipinski definition) is 0. The van der Waals surface area contributed by atoms with Gasteiger partial charge >= 0.3 is 0 Å². The minimum absolute atomic E-state index is 0.236. The van der Waals surface area contributed by atoms with Gasteiger partial charge in [-0.1, -0.05) is 6.07 Å². The van der Waals surface area contributed by atoms with Crippen molar-refractivity contribution in [3.63, 3.8) is 0 Å². The van der Waals surface area contributed by atoms with Gasteiger partial charge in [0.15, 0.2) is 0 Å². The van der Waals surface area contributed by atoms with E-state index in [4.69, 9.17) is 11.6 Å². The van der Waals surface area contributed by atoms with E-state index in [0.717, 1.165) is 16.9 Å². The highest BCUT2D eigenvalue weighted by molar-refractivity contribution is 6.20. The molecule has 1 aromatic carbocycles. The van der Waals surface area contributed by atoms with Crippen LogP contribution >= 0.6 is 11.6 Å². The van der Waals surface area contributed by atoms with Crippen LogP contribution in [0.25, 0.3) is 11.0 Å². The Hall–Kier alpha value is -2.32. The van der Waals surface area contributed by atoms with Crippen LogP contribution in [0.5, 0.6) is 0 Å². The van der Waals surface area contributed by atoms with Crippen LogP contribution in [0.4, 0.5) is 0 Å². The zero-order chi connectivity index (χ0) is 15.0. The van der Waals surface area contributed by atoms with Crippen molar-refractivity contribution in [2.45, 2.75) is 18.8 Å². The summed E-state index contributed by atoms with van der Waals surface area (Å²) in [5.41, 5.74) is 3.25. The molecule has 21 heavy (non-hydrogen) atoms. The molecule has 0 radical (unpaired) electrons. The Bertz CT molecular complexity index is 837. The summed E-state index contributed by atoms with van der Waals surface area (Å²) in [5.74, 6) is 0.762. The number of aryl methyl sites for hydroxylation is 1. The number of nitriles is 1. The number of benzene rings is 1. The Balaban J connectivity index is 2.19. The third kappa shape index (κ3) is 2.39. The van der Waals surface area contributed by atoms with Gasteiger partial charge < -0.3 is 4.57 Å². The van der Waals surface area contributed by atoms with E-state index in [0.29, 0.717) is 17.6 Å². The number of rotatable bonds is 3. The van der Waals surface area contributed by atoms with Crippen LogP contribution in [0.3, 0.4) is 0 Å². The van der Waals surface area contributed by atoms with Gasteiger partial charge in [-0.05, 0) is 19.1 Å². The van der Waals surface area contributed by atoms with E-state index in [2.05, 4.69) is 16.2 Å². The average Bonchev–Trinajstić information content (AvgIpc) is 3.03. The van der Waals surface area contributed by atoms with Gasteiger partial charge in [0, 0.05) is 18.8 Å². The molecule has 0 fully saturated rings. The maximum Gasteiger partial charge on any atom is 0.128 e. The first-order chi connectivity index (χ1) is 10.1. The summed E-state index contributed by atoms with van der Waals surface area (Å²) >= 11 is 6.26. The van der Waals surface area contributed by atoms with Crippen LogP contribution in [0.15, 0.2) is 30.6 Å². The number of nitrogens with zero attached hydrogens (tertiary/aromatic N) is 5. The van der Waals surface area contributed by atoms with Gasteiger partial charge in [0.2, 0.25) is 0 Å². The number of fused-ring (bicyclic) bond motifs is 1. The monoisotopic (exact) mass is 299 g/mol. The van der Waals surface area contributed by atoms with E-state index in [9.17, 15) is 5.26 Å². The Morgan fingerprint density at radius 1 is 1.43 bits per heavy atom.